The van der Waals surface area contributed by atoms with Crippen LogP contribution in [0.15, 0.2) is 12.1 Å². The van der Waals surface area contributed by atoms with Gasteiger partial charge in [0.25, 0.3) is 0 Å². The molecule has 0 aliphatic carbocycles. The molecule has 3 rings (SSSR count). The molecule has 1 amide bonds. The summed E-state index contributed by atoms with van der Waals surface area (Å²) in [7, 11) is 3.30. The van der Waals surface area contributed by atoms with E-state index < -0.39 is 0 Å². The maximum atomic E-state index is 12.5. The smallest absolute Gasteiger partial charge is 0.222 e. The molecule has 5 heteroatoms. The standard InChI is InChI=1S/C18H26N2O3/c1-22-16-10-13-7-9-20(12-14(13)11-17(16)23-2)18(21)6-5-15-4-3-8-19-15/h10-11,15,19H,3-9,12H2,1-2H3. The summed E-state index contributed by atoms with van der Waals surface area (Å²) < 4.78 is 10.7. The first-order chi connectivity index (χ1) is 11.2. The number of amides is 1. The van der Waals surface area contributed by atoms with Crippen molar-refractivity contribution in [2.24, 2.45) is 0 Å². The van der Waals surface area contributed by atoms with Crippen molar-refractivity contribution in [2.45, 2.75) is 44.7 Å². The van der Waals surface area contributed by atoms with Crippen molar-refractivity contribution in [3.05, 3.63) is 23.3 Å². The number of benzene rings is 1. The molecular formula is C18H26N2O3. The molecule has 2 aliphatic rings. The van der Waals surface area contributed by atoms with Crippen LogP contribution < -0.4 is 14.8 Å². The number of fused-ring (bicyclic) bond motifs is 1. The van der Waals surface area contributed by atoms with Gasteiger partial charge in [-0.3, -0.25) is 4.79 Å². The molecule has 1 atom stereocenters. The Hall–Kier alpha value is -1.75. The Morgan fingerprint density at radius 1 is 1.26 bits per heavy atom. The van der Waals surface area contributed by atoms with Crippen LogP contribution in [0.5, 0.6) is 11.5 Å². The number of carbonyl (C=O) groups excluding carboxylic acids is 1. The van der Waals surface area contributed by atoms with Crippen molar-refractivity contribution >= 4 is 5.91 Å². The van der Waals surface area contributed by atoms with Crippen molar-refractivity contribution in [3.8, 4) is 11.5 Å². The number of methoxy groups -OCH3 is 2. The molecule has 2 heterocycles. The molecule has 1 aromatic carbocycles. The van der Waals surface area contributed by atoms with Gasteiger partial charge in [-0.1, -0.05) is 0 Å². The van der Waals surface area contributed by atoms with Gasteiger partial charge in [-0.25, -0.2) is 0 Å². The Morgan fingerprint density at radius 2 is 2.00 bits per heavy atom. The minimum atomic E-state index is 0.263. The van der Waals surface area contributed by atoms with Crippen LogP contribution in [0.2, 0.25) is 0 Å². The van der Waals surface area contributed by atoms with Crippen LogP contribution in [0.4, 0.5) is 0 Å². The lowest BCUT2D eigenvalue weighted by Crippen LogP contribution is -2.36. The molecule has 0 spiro atoms. The quantitative estimate of drug-likeness (QED) is 0.903. The number of hydrogen-bond donors (Lipinski definition) is 1. The lowest BCUT2D eigenvalue weighted by atomic mass is 9.98. The summed E-state index contributed by atoms with van der Waals surface area (Å²) >= 11 is 0. The predicted octanol–water partition coefficient (Wildman–Crippen LogP) is 2.12. The Labute approximate surface area is 137 Å². The second-order valence-electron chi connectivity index (χ2n) is 6.37. The first-order valence-corrected chi connectivity index (χ1v) is 8.46. The van der Waals surface area contributed by atoms with E-state index in [0.29, 0.717) is 19.0 Å². The first-order valence-electron chi connectivity index (χ1n) is 8.46. The van der Waals surface area contributed by atoms with Crippen LogP contribution in [0.25, 0.3) is 0 Å². The van der Waals surface area contributed by atoms with Crippen LogP contribution >= 0.6 is 0 Å². The fourth-order valence-corrected chi connectivity index (χ4v) is 3.55. The fourth-order valence-electron chi connectivity index (χ4n) is 3.55. The minimum absolute atomic E-state index is 0.263. The van der Waals surface area contributed by atoms with E-state index in [0.717, 1.165) is 37.4 Å². The Bertz CT molecular complexity index is 568. The summed E-state index contributed by atoms with van der Waals surface area (Å²) in [6, 6.07) is 4.57. The minimum Gasteiger partial charge on any atom is -0.493 e. The summed E-state index contributed by atoms with van der Waals surface area (Å²) in [5.74, 6) is 1.76. The molecular weight excluding hydrogens is 292 g/mol. The molecule has 0 aromatic heterocycles. The van der Waals surface area contributed by atoms with E-state index in [-0.39, 0.29) is 5.91 Å². The molecule has 1 saturated heterocycles. The molecule has 1 unspecified atom stereocenters. The topological polar surface area (TPSA) is 50.8 Å². The zero-order valence-electron chi connectivity index (χ0n) is 14.1. The van der Waals surface area contributed by atoms with Gasteiger partial charge in [-0.15, -0.1) is 0 Å². The lowest BCUT2D eigenvalue weighted by Gasteiger charge is -2.30. The second-order valence-corrected chi connectivity index (χ2v) is 6.37. The van der Waals surface area contributed by atoms with Gasteiger partial charge < -0.3 is 19.7 Å². The van der Waals surface area contributed by atoms with Gasteiger partial charge >= 0.3 is 0 Å². The SMILES string of the molecule is COc1cc2c(cc1OC)CN(C(=O)CCC1CCCN1)CC2. The molecule has 5 nitrogen and oxygen atoms in total. The Balaban J connectivity index is 1.63. The summed E-state index contributed by atoms with van der Waals surface area (Å²) in [4.78, 5) is 14.5. The second kappa shape index (κ2) is 7.21. The van der Waals surface area contributed by atoms with Crippen molar-refractivity contribution in [2.75, 3.05) is 27.3 Å². The molecule has 0 radical (unpaired) electrons. The fraction of sp³-hybridized carbons (Fsp3) is 0.611. The van der Waals surface area contributed by atoms with Crippen LogP contribution in [-0.2, 0) is 17.8 Å². The van der Waals surface area contributed by atoms with E-state index in [1.807, 2.05) is 17.0 Å². The van der Waals surface area contributed by atoms with Gasteiger partial charge in [-0.05, 0) is 55.5 Å². The first kappa shape index (κ1) is 16.1. The number of carbonyl (C=O) groups is 1. The maximum Gasteiger partial charge on any atom is 0.222 e. The number of nitrogens with zero attached hydrogens (tertiary/aromatic N) is 1. The monoisotopic (exact) mass is 318 g/mol. The summed E-state index contributed by atoms with van der Waals surface area (Å²) in [6.07, 6.45) is 4.90. The largest absolute Gasteiger partial charge is 0.493 e. The van der Waals surface area contributed by atoms with E-state index in [9.17, 15) is 4.79 Å². The van der Waals surface area contributed by atoms with E-state index in [1.54, 1.807) is 14.2 Å². The third kappa shape index (κ3) is 3.61. The van der Waals surface area contributed by atoms with E-state index in [4.69, 9.17) is 9.47 Å². The Morgan fingerprint density at radius 3 is 2.65 bits per heavy atom. The highest BCUT2D eigenvalue weighted by Crippen LogP contribution is 2.33. The van der Waals surface area contributed by atoms with Crippen LogP contribution in [0.1, 0.15) is 36.8 Å². The van der Waals surface area contributed by atoms with Crippen molar-refractivity contribution in [1.82, 2.24) is 10.2 Å². The molecule has 0 saturated carbocycles. The summed E-state index contributed by atoms with van der Waals surface area (Å²) in [6.45, 7) is 2.56. The molecule has 126 valence electrons. The summed E-state index contributed by atoms with van der Waals surface area (Å²) in [5, 5.41) is 3.46. The predicted molar refractivity (Wildman–Crippen MR) is 88.9 cm³/mol. The molecule has 23 heavy (non-hydrogen) atoms. The lowest BCUT2D eigenvalue weighted by molar-refractivity contribution is -0.132. The zero-order valence-corrected chi connectivity index (χ0v) is 14.1. The summed E-state index contributed by atoms with van der Waals surface area (Å²) in [5.41, 5.74) is 2.42. The zero-order chi connectivity index (χ0) is 16.2. The third-order valence-electron chi connectivity index (χ3n) is 4.94. The molecule has 1 fully saturated rings. The van der Waals surface area contributed by atoms with Crippen LogP contribution in [-0.4, -0.2) is 44.2 Å². The average Bonchev–Trinajstić information content (AvgIpc) is 3.11. The number of rotatable bonds is 5. The van der Waals surface area contributed by atoms with Gasteiger partial charge in [0, 0.05) is 25.6 Å². The normalized spacial score (nSPS) is 20.3. The van der Waals surface area contributed by atoms with Crippen molar-refractivity contribution in [1.29, 1.82) is 0 Å². The van der Waals surface area contributed by atoms with E-state index in [1.165, 1.54) is 24.0 Å². The van der Waals surface area contributed by atoms with Gasteiger partial charge in [0.2, 0.25) is 5.91 Å². The Kier molecular flexibility index (Phi) is 5.06. The van der Waals surface area contributed by atoms with E-state index >= 15 is 0 Å². The highest BCUT2D eigenvalue weighted by atomic mass is 16.5. The number of hydrogen-bond acceptors (Lipinski definition) is 4. The highest BCUT2D eigenvalue weighted by Gasteiger charge is 2.24. The number of ether oxygens (including phenoxy) is 2. The molecule has 1 N–H and O–H groups in total. The van der Waals surface area contributed by atoms with Crippen molar-refractivity contribution in [3.63, 3.8) is 0 Å². The van der Waals surface area contributed by atoms with Gasteiger partial charge in [-0.2, -0.15) is 0 Å². The number of nitrogens with one attached hydrogen (secondary N) is 1. The van der Waals surface area contributed by atoms with Crippen LogP contribution in [0.3, 0.4) is 0 Å². The van der Waals surface area contributed by atoms with Gasteiger partial charge in [0.1, 0.15) is 0 Å². The molecule has 0 bridgehead atoms. The molecule has 1 aromatic rings. The molecule has 2 aliphatic heterocycles. The van der Waals surface area contributed by atoms with Crippen LogP contribution in [0, 0.1) is 0 Å². The van der Waals surface area contributed by atoms with Crippen molar-refractivity contribution < 1.29 is 14.3 Å². The average molecular weight is 318 g/mol. The third-order valence-corrected chi connectivity index (χ3v) is 4.94. The van der Waals surface area contributed by atoms with Gasteiger partial charge in [0.05, 0.1) is 14.2 Å². The maximum absolute atomic E-state index is 12.5. The highest BCUT2D eigenvalue weighted by molar-refractivity contribution is 5.76. The van der Waals surface area contributed by atoms with E-state index in [2.05, 4.69) is 5.32 Å². The van der Waals surface area contributed by atoms with Gasteiger partial charge in [0.15, 0.2) is 11.5 Å².